The fraction of sp³-hybridized carbons (Fsp3) is 0.304. The highest BCUT2D eigenvalue weighted by molar-refractivity contribution is 6.30. The average Bonchev–Trinajstić information content (AvgIpc) is 2.74. The Balaban J connectivity index is 2.60. The maximum atomic E-state index is 14.4. The molecule has 0 heterocycles. The fourth-order valence-electron chi connectivity index (χ4n) is 2.99. The van der Waals surface area contributed by atoms with Crippen LogP contribution in [0.2, 0.25) is 5.02 Å². The van der Waals surface area contributed by atoms with Crippen molar-refractivity contribution in [2.24, 2.45) is 0 Å². The molecule has 6 nitrogen and oxygen atoms in total. The van der Waals surface area contributed by atoms with E-state index < -0.39 is 17.6 Å². The van der Waals surface area contributed by atoms with Crippen molar-refractivity contribution in [3.8, 4) is 11.5 Å². The predicted octanol–water partition coefficient (Wildman–Crippen LogP) is 4.28. The molecule has 2 rings (SSSR count). The van der Waals surface area contributed by atoms with Crippen LogP contribution in [0.1, 0.15) is 28.4 Å². The summed E-state index contributed by atoms with van der Waals surface area (Å²) in [5.74, 6) is -1.26. The van der Waals surface area contributed by atoms with Crippen molar-refractivity contribution in [3.05, 3.63) is 69.6 Å². The highest BCUT2D eigenvalue weighted by Gasteiger charge is 2.26. The van der Waals surface area contributed by atoms with Crippen molar-refractivity contribution in [2.75, 3.05) is 34.9 Å². The van der Waals surface area contributed by atoms with Gasteiger partial charge in [-0.3, -0.25) is 4.79 Å². The van der Waals surface area contributed by atoms with Gasteiger partial charge in [-0.25, -0.2) is 9.18 Å². The molecule has 0 unspecified atom stereocenters. The third-order valence-corrected chi connectivity index (χ3v) is 4.68. The van der Waals surface area contributed by atoms with E-state index in [1.54, 1.807) is 38.1 Å². The highest BCUT2D eigenvalue weighted by Crippen LogP contribution is 2.33. The van der Waals surface area contributed by atoms with Gasteiger partial charge in [0.05, 0.1) is 31.4 Å². The molecule has 2 aromatic rings. The number of carbonyl (C=O) groups excluding carboxylic acids is 2. The van der Waals surface area contributed by atoms with Gasteiger partial charge >= 0.3 is 5.97 Å². The first-order valence-corrected chi connectivity index (χ1v) is 9.89. The number of ether oxygens (including phenoxy) is 3. The molecule has 0 saturated carbocycles. The Kier molecular flexibility index (Phi) is 8.45. The molecule has 0 bridgehead atoms. The Hall–Kier alpha value is -3.06. The third-order valence-electron chi connectivity index (χ3n) is 4.39. The van der Waals surface area contributed by atoms with E-state index in [0.717, 1.165) is 0 Å². The standard InChI is InChI=1S/C23H25ClFNO5/c1-6-31-23(28)17(13-26(2)3)22(27)16-11-15(19(29-4)12-20(16)30-5)10-14-8-7-9-18(24)21(14)25/h7-9,11-13H,6,10H2,1-5H3/b17-13+. The molecule has 0 aliphatic carbocycles. The summed E-state index contributed by atoms with van der Waals surface area (Å²) in [5.41, 5.74) is 0.835. The lowest BCUT2D eigenvalue weighted by Crippen LogP contribution is -2.20. The summed E-state index contributed by atoms with van der Waals surface area (Å²) in [5, 5.41) is -0.000193. The molecule has 0 saturated heterocycles. The molecule has 0 aliphatic heterocycles. The molecule has 0 N–H and O–H groups in total. The summed E-state index contributed by atoms with van der Waals surface area (Å²) in [7, 11) is 6.24. The zero-order valence-corrected chi connectivity index (χ0v) is 18.9. The van der Waals surface area contributed by atoms with Crippen LogP contribution < -0.4 is 9.47 Å². The fourth-order valence-corrected chi connectivity index (χ4v) is 3.18. The quantitative estimate of drug-likeness (QED) is 0.187. The zero-order chi connectivity index (χ0) is 23.1. The molecule has 0 spiro atoms. The van der Waals surface area contributed by atoms with Crippen LogP contribution in [0.5, 0.6) is 11.5 Å². The summed E-state index contributed by atoms with van der Waals surface area (Å²) in [4.78, 5) is 27.3. The van der Waals surface area contributed by atoms with Gasteiger partial charge < -0.3 is 19.1 Å². The number of carbonyl (C=O) groups is 2. The van der Waals surface area contributed by atoms with Gasteiger partial charge in [0.15, 0.2) is 0 Å². The number of halogens is 2. The second kappa shape index (κ2) is 10.8. The third kappa shape index (κ3) is 5.76. The van der Waals surface area contributed by atoms with E-state index >= 15 is 0 Å². The van der Waals surface area contributed by atoms with Gasteiger partial charge in [-0.2, -0.15) is 0 Å². The Morgan fingerprint density at radius 2 is 1.77 bits per heavy atom. The molecule has 2 aromatic carbocycles. The zero-order valence-electron chi connectivity index (χ0n) is 18.1. The Bertz CT molecular complexity index is 1000. The minimum atomic E-state index is -0.749. The largest absolute Gasteiger partial charge is 0.496 e. The molecule has 0 aliphatic rings. The molecule has 0 radical (unpaired) electrons. The Morgan fingerprint density at radius 1 is 1.10 bits per heavy atom. The van der Waals surface area contributed by atoms with Crippen LogP contribution in [-0.4, -0.2) is 51.6 Å². The second-order valence-electron chi connectivity index (χ2n) is 6.81. The van der Waals surface area contributed by atoms with Crippen LogP contribution in [0.4, 0.5) is 4.39 Å². The number of methoxy groups -OCH3 is 2. The van der Waals surface area contributed by atoms with E-state index in [2.05, 4.69) is 0 Å². The minimum Gasteiger partial charge on any atom is -0.496 e. The average molecular weight is 450 g/mol. The van der Waals surface area contributed by atoms with E-state index in [4.69, 9.17) is 25.8 Å². The normalized spacial score (nSPS) is 11.1. The molecular formula is C23H25ClFNO5. The van der Waals surface area contributed by atoms with Crippen LogP contribution in [0, 0.1) is 5.82 Å². The maximum Gasteiger partial charge on any atom is 0.343 e. The van der Waals surface area contributed by atoms with Gasteiger partial charge in [-0.15, -0.1) is 0 Å². The number of Topliss-reactive ketones (excluding diaryl/α,β-unsaturated/α-hetero) is 1. The van der Waals surface area contributed by atoms with Crippen molar-refractivity contribution in [1.29, 1.82) is 0 Å². The van der Waals surface area contributed by atoms with E-state index in [9.17, 15) is 14.0 Å². The molecule has 0 amide bonds. The van der Waals surface area contributed by atoms with Crippen molar-refractivity contribution in [2.45, 2.75) is 13.3 Å². The lowest BCUT2D eigenvalue weighted by molar-refractivity contribution is -0.138. The molecule has 0 aromatic heterocycles. The number of esters is 1. The molecule has 31 heavy (non-hydrogen) atoms. The van der Waals surface area contributed by atoms with Crippen molar-refractivity contribution in [3.63, 3.8) is 0 Å². The topological polar surface area (TPSA) is 65.1 Å². The van der Waals surface area contributed by atoms with Crippen LogP contribution >= 0.6 is 11.6 Å². The minimum absolute atomic E-state index is 0.000193. The van der Waals surface area contributed by atoms with Crippen LogP contribution in [0.15, 0.2) is 42.1 Å². The molecule has 166 valence electrons. The van der Waals surface area contributed by atoms with Crippen LogP contribution in [0.25, 0.3) is 0 Å². The summed E-state index contributed by atoms with van der Waals surface area (Å²) < 4.78 is 30.3. The second-order valence-corrected chi connectivity index (χ2v) is 7.22. The summed E-state index contributed by atoms with van der Waals surface area (Å²) in [6.07, 6.45) is 1.51. The highest BCUT2D eigenvalue weighted by atomic mass is 35.5. The molecular weight excluding hydrogens is 425 g/mol. The number of ketones is 1. The first-order valence-electron chi connectivity index (χ1n) is 9.51. The first-order chi connectivity index (χ1) is 14.7. The number of hydrogen-bond donors (Lipinski definition) is 0. The Morgan fingerprint density at radius 3 is 2.35 bits per heavy atom. The number of rotatable bonds is 9. The SMILES string of the molecule is CCOC(=O)/C(=C/N(C)C)C(=O)c1cc(Cc2cccc(Cl)c2F)c(OC)cc1OC. The summed E-state index contributed by atoms with van der Waals surface area (Å²) >= 11 is 5.89. The number of nitrogens with zero attached hydrogens (tertiary/aromatic N) is 1. The summed E-state index contributed by atoms with van der Waals surface area (Å²) in [6, 6.07) is 7.76. The van der Waals surface area contributed by atoms with Gasteiger partial charge in [-0.05, 0) is 30.2 Å². The predicted molar refractivity (Wildman–Crippen MR) is 116 cm³/mol. The van der Waals surface area contributed by atoms with Crippen molar-refractivity contribution in [1.82, 2.24) is 4.90 Å². The number of hydrogen-bond acceptors (Lipinski definition) is 6. The monoisotopic (exact) mass is 449 g/mol. The maximum absolute atomic E-state index is 14.4. The van der Waals surface area contributed by atoms with Gasteiger partial charge in [-0.1, -0.05) is 23.7 Å². The van der Waals surface area contributed by atoms with Gasteiger partial charge in [0.1, 0.15) is 22.9 Å². The van der Waals surface area contributed by atoms with Crippen LogP contribution in [-0.2, 0) is 16.0 Å². The van der Waals surface area contributed by atoms with Gasteiger partial charge in [0.2, 0.25) is 5.78 Å². The molecule has 8 heteroatoms. The Labute approximate surface area is 186 Å². The summed E-state index contributed by atoms with van der Waals surface area (Å²) in [6.45, 7) is 1.77. The molecule has 0 atom stereocenters. The molecule has 0 fully saturated rings. The lowest BCUT2D eigenvalue weighted by Gasteiger charge is -2.16. The van der Waals surface area contributed by atoms with Gasteiger partial charge in [0.25, 0.3) is 0 Å². The van der Waals surface area contributed by atoms with E-state index in [1.807, 2.05) is 0 Å². The van der Waals surface area contributed by atoms with Crippen LogP contribution in [0.3, 0.4) is 0 Å². The smallest absolute Gasteiger partial charge is 0.343 e. The number of benzene rings is 2. The van der Waals surface area contributed by atoms with Gasteiger partial charge in [0, 0.05) is 32.8 Å². The van der Waals surface area contributed by atoms with Crippen molar-refractivity contribution < 1.29 is 28.2 Å². The first kappa shape index (κ1) is 24.2. The van der Waals surface area contributed by atoms with E-state index in [1.165, 1.54) is 38.6 Å². The van der Waals surface area contributed by atoms with E-state index in [-0.39, 0.29) is 34.9 Å². The lowest BCUT2D eigenvalue weighted by atomic mass is 9.96. The van der Waals surface area contributed by atoms with Crippen molar-refractivity contribution >= 4 is 23.4 Å². The van der Waals surface area contributed by atoms with E-state index in [0.29, 0.717) is 16.9 Å².